The van der Waals surface area contributed by atoms with Crippen molar-refractivity contribution in [3.63, 3.8) is 0 Å². The Morgan fingerprint density at radius 2 is 1.83 bits per heavy atom. The van der Waals surface area contributed by atoms with Crippen molar-refractivity contribution in [3.8, 4) is 11.5 Å². The second-order valence-electron chi connectivity index (χ2n) is 9.03. The fourth-order valence-corrected chi connectivity index (χ4v) is 5.09. The molecule has 1 aliphatic rings. The molecular formula is C30H29NO4. The Kier molecular flexibility index (Phi) is 6.43. The molecule has 0 saturated heterocycles. The molecular weight excluding hydrogens is 438 g/mol. The lowest BCUT2D eigenvalue weighted by molar-refractivity contribution is 0.0693. The Labute approximate surface area is 205 Å². The second-order valence-corrected chi connectivity index (χ2v) is 9.03. The van der Waals surface area contributed by atoms with Crippen molar-refractivity contribution >= 4 is 16.7 Å². The van der Waals surface area contributed by atoms with E-state index in [2.05, 4.69) is 60.8 Å². The van der Waals surface area contributed by atoms with Gasteiger partial charge in [0.15, 0.2) is 0 Å². The highest BCUT2D eigenvalue weighted by Crippen LogP contribution is 2.41. The molecule has 0 aliphatic carbocycles. The van der Waals surface area contributed by atoms with E-state index in [4.69, 9.17) is 9.47 Å². The number of nitrogens with one attached hydrogen (secondary N) is 1. The Balaban J connectivity index is 1.39. The van der Waals surface area contributed by atoms with E-state index >= 15 is 0 Å². The molecule has 0 fully saturated rings. The molecule has 2 N–H and O–H groups in total. The minimum Gasteiger partial charge on any atom is -0.496 e. The second kappa shape index (κ2) is 9.80. The summed E-state index contributed by atoms with van der Waals surface area (Å²) in [6, 6.07) is 28.5. The van der Waals surface area contributed by atoms with Crippen LogP contribution in [0, 0.1) is 0 Å². The maximum Gasteiger partial charge on any atom is 0.339 e. The molecule has 0 aromatic heterocycles. The Morgan fingerprint density at radius 1 is 1.06 bits per heavy atom. The van der Waals surface area contributed by atoms with Crippen LogP contribution in [-0.4, -0.2) is 30.8 Å². The van der Waals surface area contributed by atoms with Gasteiger partial charge in [0.25, 0.3) is 0 Å². The van der Waals surface area contributed by atoms with Crippen LogP contribution in [0.4, 0.5) is 0 Å². The van der Waals surface area contributed by atoms with E-state index in [0.29, 0.717) is 12.3 Å². The first-order chi connectivity index (χ1) is 17.0. The molecule has 4 aromatic carbocycles. The topological polar surface area (TPSA) is 67.8 Å². The SMILES string of the molecule is COc1ccc([C@@H]2C[C@H](CNC(C)c3cccc4ccccc34)Oc3ccccc32)cc1C(=O)O. The molecule has 1 heterocycles. The third-order valence-electron chi connectivity index (χ3n) is 6.88. The monoisotopic (exact) mass is 467 g/mol. The van der Waals surface area contributed by atoms with Crippen LogP contribution in [0.3, 0.4) is 0 Å². The molecule has 4 aromatic rings. The van der Waals surface area contributed by atoms with Gasteiger partial charge in [0.05, 0.1) is 7.11 Å². The standard InChI is InChI=1S/C30H29NO4/c1-19(23-12-7-9-20-8-3-4-10-24(20)23)31-18-22-17-26(25-11-5-6-13-29(25)35-22)21-14-15-28(34-2)27(16-21)30(32)33/h3-16,19,22,26,31H,17-18H2,1-2H3,(H,32,33)/t19?,22-,26+/m1/s1. The van der Waals surface area contributed by atoms with Crippen LogP contribution < -0.4 is 14.8 Å². The zero-order valence-corrected chi connectivity index (χ0v) is 19.9. The van der Waals surface area contributed by atoms with Gasteiger partial charge < -0.3 is 19.9 Å². The average molecular weight is 468 g/mol. The van der Waals surface area contributed by atoms with Gasteiger partial charge in [0.2, 0.25) is 0 Å². The molecule has 3 atom stereocenters. The highest BCUT2D eigenvalue weighted by Gasteiger charge is 2.30. The minimum absolute atomic E-state index is 0.0311. The summed E-state index contributed by atoms with van der Waals surface area (Å²) >= 11 is 0. The summed E-state index contributed by atoms with van der Waals surface area (Å²) in [7, 11) is 1.49. The molecule has 178 valence electrons. The molecule has 0 spiro atoms. The number of methoxy groups -OCH3 is 1. The third-order valence-corrected chi connectivity index (χ3v) is 6.88. The molecule has 0 amide bonds. The van der Waals surface area contributed by atoms with E-state index < -0.39 is 5.97 Å². The quantitative estimate of drug-likeness (QED) is 0.340. The van der Waals surface area contributed by atoms with E-state index in [0.717, 1.165) is 23.3 Å². The van der Waals surface area contributed by atoms with Gasteiger partial charge in [-0.05, 0) is 53.4 Å². The predicted octanol–water partition coefficient (Wildman–Crippen LogP) is 6.18. The number of fused-ring (bicyclic) bond motifs is 2. The van der Waals surface area contributed by atoms with Crippen LogP contribution in [-0.2, 0) is 0 Å². The van der Waals surface area contributed by atoms with E-state index in [1.165, 1.54) is 23.4 Å². The zero-order chi connectivity index (χ0) is 24.4. The van der Waals surface area contributed by atoms with Gasteiger partial charge in [-0.2, -0.15) is 0 Å². The van der Waals surface area contributed by atoms with Gasteiger partial charge in [-0.3, -0.25) is 0 Å². The van der Waals surface area contributed by atoms with Crippen molar-refractivity contribution in [2.24, 2.45) is 0 Å². The lowest BCUT2D eigenvalue weighted by Gasteiger charge is -2.33. The summed E-state index contributed by atoms with van der Waals surface area (Å²) < 4.78 is 11.6. The van der Waals surface area contributed by atoms with Gasteiger partial charge in [-0.15, -0.1) is 0 Å². The van der Waals surface area contributed by atoms with Crippen molar-refractivity contribution in [1.82, 2.24) is 5.32 Å². The fourth-order valence-electron chi connectivity index (χ4n) is 5.09. The number of ether oxygens (including phenoxy) is 2. The van der Waals surface area contributed by atoms with Gasteiger partial charge in [-0.25, -0.2) is 4.79 Å². The van der Waals surface area contributed by atoms with Crippen LogP contribution in [0.1, 0.15) is 52.4 Å². The number of hydrogen-bond donors (Lipinski definition) is 2. The maximum absolute atomic E-state index is 11.8. The maximum atomic E-state index is 11.8. The summed E-state index contributed by atoms with van der Waals surface area (Å²) in [6.45, 7) is 2.86. The first-order valence-corrected chi connectivity index (χ1v) is 11.9. The smallest absolute Gasteiger partial charge is 0.339 e. The Hall–Kier alpha value is -3.83. The normalized spacial score (nSPS) is 17.9. The van der Waals surface area contributed by atoms with Crippen LogP contribution in [0.2, 0.25) is 0 Å². The molecule has 5 nitrogen and oxygen atoms in total. The molecule has 5 rings (SSSR count). The Morgan fingerprint density at radius 3 is 2.66 bits per heavy atom. The van der Waals surface area contributed by atoms with Crippen molar-refractivity contribution in [2.75, 3.05) is 13.7 Å². The average Bonchev–Trinajstić information content (AvgIpc) is 2.90. The molecule has 5 heteroatoms. The van der Waals surface area contributed by atoms with E-state index in [-0.39, 0.29) is 23.6 Å². The number of carboxylic acids is 1. The van der Waals surface area contributed by atoms with E-state index in [1.807, 2.05) is 24.3 Å². The predicted molar refractivity (Wildman–Crippen MR) is 138 cm³/mol. The highest BCUT2D eigenvalue weighted by molar-refractivity contribution is 5.91. The lowest BCUT2D eigenvalue weighted by Crippen LogP contribution is -2.37. The summed E-state index contributed by atoms with van der Waals surface area (Å²) in [4.78, 5) is 11.8. The van der Waals surface area contributed by atoms with Crippen LogP contribution in [0.5, 0.6) is 11.5 Å². The Bertz CT molecular complexity index is 1360. The van der Waals surface area contributed by atoms with E-state index in [9.17, 15) is 9.90 Å². The summed E-state index contributed by atoms with van der Waals surface area (Å²) in [6.07, 6.45) is 0.695. The van der Waals surface area contributed by atoms with Gasteiger partial charge in [0.1, 0.15) is 23.2 Å². The lowest BCUT2D eigenvalue weighted by atomic mass is 9.83. The number of hydrogen-bond acceptors (Lipinski definition) is 4. The number of rotatable bonds is 7. The van der Waals surface area contributed by atoms with Gasteiger partial charge in [0, 0.05) is 24.1 Å². The number of para-hydroxylation sites is 1. The van der Waals surface area contributed by atoms with Gasteiger partial charge >= 0.3 is 5.97 Å². The van der Waals surface area contributed by atoms with Gasteiger partial charge in [-0.1, -0.05) is 66.7 Å². The number of aromatic carboxylic acids is 1. The molecule has 35 heavy (non-hydrogen) atoms. The molecule has 1 unspecified atom stereocenters. The molecule has 0 radical (unpaired) electrons. The van der Waals surface area contributed by atoms with Crippen LogP contribution >= 0.6 is 0 Å². The number of carboxylic acid groups (broad SMARTS) is 1. The summed E-state index contributed by atoms with van der Waals surface area (Å²) in [5.74, 6) is 0.250. The van der Waals surface area contributed by atoms with Crippen molar-refractivity contribution in [1.29, 1.82) is 0 Å². The van der Waals surface area contributed by atoms with Crippen molar-refractivity contribution in [3.05, 3.63) is 107 Å². The highest BCUT2D eigenvalue weighted by atomic mass is 16.5. The fraction of sp³-hybridized carbons (Fsp3) is 0.233. The summed E-state index contributed by atoms with van der Waals surface area (Å²) in [5.41, 5.74) is 3.46. The first kappa shape index (κ1) is 22.9. The number of benzene rings is 4. The first-order valence-electron chi connectivity index (χ1n) is 11.9. The molecule has 0 bridgehead atoms. The van der Waals surface area contributed by atoms with Crippen molar-refractivity contribution < 1.29 is 19.4 Å². The van der Waals surface area contributed by atoms with Crippen molar-refractivity contribution in [2.45, 2.75) is 31.4 Å². The van der Waals surface area contributed by atoms with E-state index in [1.54, 1.807) is 12.1 Å². The summed E-state index contributed by atoms with van der Waals surface area (Å²) in [5, 5.41) is 15.8. The van der Waals surface area contributed by atoms with Crippen LogP contribution in [0.15, 0.2) is 84.9 Å². The number of carbonyl (C=O) groups is 1. The molecule has 1 aliphatic heterocycles. The molecule has 0 saturated carbocycles. The zero-order valence-electron chi connectivity index (χ0n) is 19.9. The largest absolute Gasteiger partial charge is 0.496 e. The third kappa shape index (κ3) is 4.60. The minimum atomic E-state index is -0.994. The van der Waals surface area contributed by atoms with Crippen LogP contribution in [0.25, 0.3) is 10.8 Å².